The number of carbonyl (C=O) groups is 1. The van der Waals surface area contributed by atoms with Crippen LogP contribution in [0, 0.1) is 56.7 Å². The average molecular weight is 975 g/mol. The predicted molar refractivity (Wildman–Crippen MR) is 233 cm³/mol. The lowest BCUT2D eigenvalue weighted by Crippen LogP contribution is -2.71. The van der Waals surface area contributed by atoms with Gasteiger partial charge in [-0.3, -0.25) is 4.79 Å². The van der Waals surface area contributed by atoms with Gasteiger partial charge in [-0.05, 0) is 91.8 Å². The summed E-state index contributed by atoms with van der Waals surface area (Å²) in [5.74, 6) is -1.31. The molecule has 3 aliphatic heterocycles. The molecule has 8 rings (SSSR count). The highest BCUT2D eigenvalue weighted by atomic mass is 16.8. The number of aliphatic hydroxyl groups is 13. The molecule has 3 heterocycles. The molecule has 7 fully saturated rings. The van der Waals surface area contributed by atoms with E-state index in [9.17, 15) is 66.4 Å². The van der Waals surface area contributed by atoms with Gasteiger partial charge in [0.05, 0.1) is 49.7 Å². The highest BCUT2D eigenvalue weighted by molar-refractivity contribution is 5.79. The molecular formula is C48H78O20. The normalized spacial score (nSPS) is 57.1. The number of fused-ring (bicyclic) bond motifs is 7. The van der Waals surface area contributed by atoms with E-state index < -0.39 is 169 Å². The number of hydrogen-bond acceptors (Lipinski definition) is 20. The molecule has 0 aromatic carbocycles. The van der Waals surface area contributed by atoms with Crippen molar-refractivity contribution in [1.82, 2.24) is 0 Å². The van der Waals surface area contributed by atoms with Gasteiger partial charge in [0.15, 0.2) is 12.6 Å². The van der Waals surface area contributed by atoms with E-state index in [4.69, 9.17) is 28.4 Å². The number of esters is 1. The summed E-state index contributed by atoms with van der Waals surface area (Å²) in [4.78, 5) is 15.0. The summed E-state index contributed by atoms with van der Waals surface area (Å²) in [5, 5.41) is 142. The van der Waals surface area contributed by atoms with Crippen LogP contribution in [0.3, 0.4) is 0 Å². The van der Waals surface area contributed by atoms with E-state index in [2.05, 4.69) is 40.7 Å². The standard InChI is InChI=1S/C48H78O20/c1-19-10-11-48(13-12-46(6)22(28(48)20(19)2)8-9-27-44(4)14-24(52)39(61)45(5,18-50)38(44)23(51)15-47(27,46)7)43(62)68-42-35(59)32(56)30(54)26(66-42)17-63-40-36(60)33(57)37(25(16-49)65-40)67-41-34(58)31(55)29(53)21(3)64-41/h8,19-21,23-42,49-61H,9-18H2,1-7H3/t19-,20+,21+,23-,24-,25-,26-,27-,28+,29+,30-,31-,32+,33-,34-,35-,36-,37-,38+,39+,40-,41+,42+,44-,45+,46-,47-,48+/m1/s1. The third kappa shape index (κ3) is 7.89. The SMILES string of the molecule is C[C@H]1[C@H](C)CC[C@]2(C(=O)O[C@@H]3O[C@H](CO[C@@H]4O[C@H](CO)[C@@H](O[C@@H]5O[C@@H](C)[C@H](O)[C@@H](O)[C@H]5O)[C@H](O)[C@H]4O)[C@@H](O)[C@H](O)[C@H]3O)CC[C@]3(C)C(=CC[C@@H]4[C@@]5(C)C[C@@H](O)[C@H](O)[C@@](C)(CO)[C@H]5[C@H](O)C[C@]43C)[C@H]12. The van der Waals surface area contributed by atoms with Crippen LogP contribution in [0.5, 0.6) is 0 Å². The molecule has 0 aromatic rings. The van der Waals surface area contributed by atoms with Crippen LogP contribution in [0.4, 0.5) is 0 Å². The fourth-order valence-corrected chi connectivity index (χ4v) is 15.4. The molecule has 3 saturated heterocycles. The number of carbonyl (C=O) groups excluding carboxylic acids is 1. The second-order valence-electron chi connectivity index (χ2n) is 23.1. The lowest BCUT2D eigenvalue weighted by atomic mass is 9.32. The average Bonchev–Trinajstić information content (AvgIpc) is 3.29. The van der Waals surface area contributed by atoms with Gasteiger partial charge >= 0.3 is 5.97 Å². The molecule has 68 heavy (non-hydrogen) atoms. The van der Waals surface area contributed by atoms with Crippen LogP contribution in [0.25, 0.3) is 0 Å². The van der Waals surface area contributed by atoms with Gasteiger partial charge < -0.3 is 94.8 Å². The number of rotatable bonds is 9. The molecule has 0 radical (unpaired) electrons. The first-order valence-corrected chi connectivity index (χ1v) is 24.6. The van der Waals surface area contributed by atoms with Crippen molar-refractivity contribution in [3.8, 4) is 0 Å². The zero-order chi connectivity index (χ0) is 50.0. The maximum Gasteiger partial charge on any atom is 0.315 e. The van der Waals surface area contributed by atoms with Crippen LogP contribution in [-0.2, 0) is 33.2 Å². The van der Waals surface area contributed by atoms with Gasteiger partial charge in [-0.2, -0.15) is 0 Å². The third-order valence-corrected chi connectivity index (χ3v) is 19.6. The molecule has 4 saturated carbocycles. The summed E-state index contributed by atoms with van der Waals surface area (Å²) >= 11 is 0. The van der Waals surface area contributed by atoms with Gasteiger partial charge in [-0.25, -0.2) is 0 Å². The van der Waals surface area contributed by atoms with Gasteiger partial charge in [-0.15, -0.1) is 0 Å². The number of ether oxygens (including phenoxy) is 6. The molecule has 8 aliphatic rings. The van der Waals surface area contributed by atoms with E-state index in [0.717, 1.165) is 5.57 Å². The molecule has 0 bridgehead atoms. The first-order valence-electron chi connectivity index (χ1n) is 24.6. The zero-order valence-corrected chi connectivity index (χ0v) is 40.1. The third-order valence-electron chi connectivity index (χ3n) is 19.6. The minimum absolute atomic E-state index is 0.0115. The maximum atomic E-state index is 15.0. The Labute approximate surface area is 396 Å². The van der Waals surface area contributed by atoms with Crippen LogP contribution in [0.15, 0.2) is 11.6 Å². The van der Waals surface area contributed by atoms with Gasteiger partial charge in [0.2, 0.25) is 6.29 Å². The first kappa shape index (κ1) is 52.8. The van der Waals surface area contributed by atoms with Gasteiger partial charge in [-0.1, -0.05) is 53.2 Å². The fourth-order valence-electron chi connectivity index (χ4n) is 15.4. The fraction of sp³-hybridized carbons (Fsp3) is 0.938. The summed E-state index contributed by atoms with van der Waals surface area (Å²) in [6, 6.07) is 0. The lowest BCUT2D eigenvalue weighted by molar-refractivity contribution is -0.361. The first-order chi connectivity index (χ1) is 31.8. The monoisotopic (exact) mass is 975 g/mol. The van der Waals surface area contributed by atoms with Gasteiger partial charge in [0.1, 0.15) is 67.1 Å². The largest absolute Gasteiger partial charge is 0.432 e. The molecule has 20 heteroatoms. The van der Waals surface area contributed by atoms with Crippen molar-refractivity contribution in [2.24, 2.45) is 56.7 Å². The molecule has 0 amide bonds. The van der Waals surface area contributed by atoms with Gasteiger partial charge in [0.25, 0.3) is 0 Å². The van der Waals surface area contributed by atoms with Crippen molar-refractivity contribution < 1.29 is 99.6 Å². The summed E-state index contributed by atoms with van der Waals surface area (Å²) in [6.07, 6.45) is -22.3. The molecule has 5 aliphatic carbocycles. The second-order valence-corrected chi connectivity index (χ2v) is 23.1. The highest BCUT2D eigenvalue weighted by Crippen LogP contribution is 2.76. The van der Waals surface area contributed by atoms with E-state index >= 15 is 4.79 Å². The van der Waals surface area contributed by atoms with Crippen molar-refractivity contribution in [3.63, 3.8) is 0 Å². The molecule has 28 atom stereocenters. The minimum Gasteiger partial charge on any atom is -0.432 e. The van der Waals surface area contributed by atoms with Crippen LogP contribution in [0.1, 0.15) is 93.4 Å². The van der Waals surface area contributed by atoms with E-state index in [-0.39, 0.29) is 30.1 Å². The molecule has 0 spiro atoms. The number of aliphatic hydroxyl groups excluding tert-OH is 13. The molecule has 0 unspecified atom stereocenters. The van der Waals surface area contributed by atoms with Crippen molar-refractivity contribution in [1.29, 1.82) is 0 Å². The van der Waals surface area contributed by atoms with E-state index in [1.54, 1.807) is 6.92 Å². The van der Waals surface area contributed by atoms with Crippen molar-refractivity contribution in [3.05, 3.63) is 11.6 Å². The Bertz CT molecular complexity index is 1860. The van der Waals surface area contributed by atoms with Crippen molar-refractivity contribution in [2.45, 2.75) is 204 Å². The van der Waals surface area contributed by atoms with Crippen LogP contribution in [-0.4, -0.2) is 203 Å². The van der Waals surface area contributed by atoms with Gasteiger partial charge in [0, 0.05) is 11.3 Å². The number of hydrogen-bond donors (Lipinski definition) is 13. The summed E-state index contributed by atoms with van der Waals surface area (Å²) in [7, 11) is 0. The summed E-state index contributed by atoms with van der Waals surface area (Å²) in [6.45, 7) is 12.1. The molecule has 0 aromatic heterocycles. The Morgan fingerprint density at radius 3 is 2.00 bits per heavy atom. The van der Waals surface area contributed by atoms with Crippen molar-refractivity contribution >= 4 is 5.97 Å². The van der Waals surface area contributed by atoms with E-state index in [1.165, 1.54) is 6.92 Å². The van der Waals surface area contributed by atoms with Crippen molar-refractivity contribution in [2.75, 3.05) is 19.8 Å². The summed E-state index contributed by atoms with van der Waals surface area (Å²) < 4.78 is 34.6. The maximum absolute atomic E-state index is 15.0. The van der Waals surface area contributed by atoms with E-state index in [1.807, 2.05) is 0 Å². The minimum atomic E-state index is -1.89. The Morgan fingerprint density at radius 2 is 1.34 bits per heavy atom. The summed E-state index contributed by atoms with van der Waals surface area (Å²) in [5.41, 5.74) is -2.84. The Hall–Kier alpha value is -1.51. The van der Waals surface area contributed by atoms with Crippen LogP contribution in [0.2, 0.25) is 0 Å². The van der Waals surface area contributed by atoms with E-state index in [0.29, 0.717) is 38.5 Å². The molecule has 390 valence electrons. The Morgan fingerprint density at radius 1 is 0.706 bits per heavy atom. The Kier molecular flexibility index (Phi) is 14.6. The topological polar surface area (TPSA) is 335 Å². The predicted octanol–water partition coefficient (Wildman–Crippen LogP) is -2.06. The second kappa shape index (κ2) is 18.8. The lowest BCUT2D eigenvalue weighted by Gasteiger charge is -2.72. The molecular weight excluding hydrogens is 897 g/mol. The van der Waals surface area contributed by atoms with Crippen LogP contribution >= 0.6 is 0 Å². The molecule has 13 N–H and O–H groups in total. The molecule has 20 nitrogen and oxygen atoms in total. The number of allylic oxidation sites excluding steroid dienone is 2. The smallest absolute Gasteiger partial charge is 0.315 e. The highest BCUT2D eigenvalue weighted by Gasteiger charge is 2.73. The van der Waals surface area contributed by atoms with Crippen LogP contribution < -0.4 is 0 Å². The Balaban J connectivity index is 0.994. The zero-order valence-electron chi connectivity index (χ0n) is 40.1. The quantitative estimate of drug-likeness (QED) is 0.0873.